The number of fused-ring (bicyclic) bond motifs is 1. The van der Waals surface area contributed by atoms with Crippen LogP contribution < -0.4 is 4.90 Å². The molecule has 0 amide bonds. The van der Waals surface area contributed by atoms with Crippen LogP contribution >= 0.6 is 0 Å². The van der Waals surface area contributed by atoms with Crippen LogP contribution in [0.5, 0.6) is 0 Å². The molecule has 0 spiro atoms. The summed E-state index contributed by atoms with van der Waals surface area (Å²) in [6.45, 7) is 2.00. The molecule has 0 radical (unpaired) electrons. The van der Waals surface area contributed by atoms with Gasteiger partial charge in [0.1, 0.15) is 5.82 Å². The van der Waals surface area contributed by atoms with Gasteiger partial charge in [-0.05, 0) is 24.3 Å². The third-order valence-corrected chi connectivity index (χ3v) is 3.52. The topological polar surface area (TPSA) is 42.4 Å². The SMILES string of the molecule is COC(=O)c1cc2ccccc2c(N2CCCC2)n1. The van der Waals surface area contributed by atoms with Crippen LogP contribution in [0.1, 0.15) is 23.3 Å². The number of rotatable bonds is 2. The maximum atomic E-state index is 11.7. The Kier molecular flexibility index (Phi) is 3.07. The normalized spacial score (nSPS) is 14.9. The average Bonchev–Trinajstić information content (AvgIpc) is 2.99. The van der Waals surface area contributed by atoms with Crippen LogP contribution in [0.15, 0.2) is 30.3 Å². The lowest BCUT2D eigenvalue weighted by atomic mass is 10.1. The summed E-state index contributed by atoms with van der Waals surface area (Å²) in [7, 11) is 1.38. The first-order chi connectivity index (χ1) is 9.29. The van der Waals surface area contributed by atoms with Gasteiger partial charge in [0.25, 0.3) is 0 Å². The summed E-state index contributed by atoms with van der Waals surface area (Å²) in [5, 5.41) is 2.12. The van der Waals surface area contributed by atoms with Gasteiger partial charge >= 0.3 is 5.97 Å². The molecule has 1 fully saturated rings. The molecule has 0 atom stereocenters. The van der Waals surface area contributed by atoms with Gasteiger partial charge < -0.3 is 9.64 Å². The fraction of sp³-hybridized carbons (Fsp3) is 0.333. The van der Waals surface area contributed by atoms with Gasteiger partial charge in [-0.15, -0.1) is 0 Å². The zero-order chi connectivity index (χ0) is 13.2. The molecule has 19 heavy (non-hydrogen) atoms. The Morgan fingerprint density at radius 3 is 2.74 bits per heavy atom. The maximum Gasteiger partial charge on any atom is 0.356 e. The second-order valence-corrected chi connectivity index (χ2v) is 4.74. The van der Waals surface area contributed by atoms with Crippen LogP contribution in [0, 0.1) is 0 Å². The second kappa shape index (κ2) is 4.88. The molecule has 2 aromatic rings. The van der Waals surface area contributed by atoms with E-state index in [9.17, 15) is 4.79 Å². The van der Waals surface area contributed by atoms with E-state index >= 15 is 0 Å². The fourth-order valence-electron chi connectivity index (χ4n) is 2.56. The molecule has 1 aliphatic rings. The minimum absolute atomic E-state index is 0.378. The van der Waals surface area contributed by atoms with Crippen molar-refractivity contribution < 1.29 is 9.53 Å². The van der Waals surface area contributed by atoms with E-state index in [0.29, 0.717) is 5.69 Å². The zero-order valence-corrected chi connectivity index (χ0v) is 10.9. The Labute approximate surface area is 112 Å². The molecular formula is C15H16N2O2. The molecule has 4 nitrogen and oxygen atoms in total. The van der Waals surface area contributed by atoms with Crippen LogP contribution in [0.25, 0.3) is 10.8 Å². The zero-order valence-electron chi connectivity index (χ0n) is 10.9. The van der Waals surface area contributed by atoms with Crippen molar-refractivity contribution in [3.8, 4) is 0 Å². The van der Waals surface area contributed by atoms with E-state index in [0.717, 1.165) is 29.7 Å². The van der Waals surface area contributed by atoms with Crippen LogP contribution in [-0.2, 0) is 4.74 Å². The molecule has 2 heterocycles. The van der Waals surface area contributed by atoms with Crippen molar-refractivity contribution in [2.75, 3.05) is 25.1 Å². The van der Waals surface area contributed by atoms with Crippen molar-refractivity contribution in [2.24, 2.45) is 0 Å². The molecule has 4 heteroatoms. The van der Waals surface area contributed by atoms with E-state index < -0.39 is 0 Å². The van der Waals surface area contributed by atoms with Crippen LogP contribution in [0.3, 0.4) is 0 Å². The summed E-state index contributed by atoms with van der Waals surface area (Å²) in [6.07, 6.45) is 2.36. The van der Waals surface area contributed by atoms with E-state index in [4.69, 9.17) is 4.74 Å². The van der Waals surface area contributed by atoms with E-state index in [1.165, 1.54) is 20.0 Å². The Morgan fingerprint density at radius 1 is 1.26 bits per heavy atom. The van der Waals surface area contributed by atoms with Gasteiger partial charge in [0, 0.05) is 18.5 Å². The van der Waals surface area contributed by atoms with Crippen molar-refractivity contribution >= 4 is 22.6 Å². The molecule has 98 valence electrons. The number of pyridine rings is 1. The highest BCUT2D eigenvalue weighted by Gasteiger charge is 2.19. The molecule has 0 N–H and O–H groups in total. The molecule has 3 rings (SSSR count). The standard InChI is InChI=1S/C15H16N2O2/c1-19-15(18)13-10-11-6-2-3-7-12(11)14(16-13)17-8-4-5-9-17/h2-3,6-7,10H,4-5,8-9H2,1H3. The lowest BCUT2D eigenvalue weighted by Gasteiger charge is -2.19. The number of nitrogens with zero attached hydrogens (tertiary/aromatic N) is 2. The molecule has 1 saturated heterocycles. The van der Waals surface area contributed by atoms with Gasteiger partial charge in [0.15, 0.2) is 5.69 Å². The summed E-state index contributed by atoms with van der Waals surface area (Å²) >= 11 is 0. The summed E-state index contributed by atoms with van der Waals surface area (Å²) in [4.78, 5) is 18.5. The van der Waals surface area contributed by atoms with E-state index in [1.54, 1.807) is 6.07 Å². The van der Waals surface area contributed by atoms with Crippen molar-refractivity contribution in [1.82, 2.24) is 4.98 Å². The summed E-state index contributed by atoms with van der Waals surface area (Å²) in [5.41, 5.74) is 0.378. The molecule has 1 aromatic heterocycles. The fourth-order valence-corrected chi connectivity index (χ4v) is 2.56. The molecule has 0 bridgehead atoms. The molecule has 0 saturated carbocycles. The van der Waals surface area contributed by atoms with E-state index in [2.05, 4.69) is 16.0 Å². The van der Waals surface area contributed by atoms with Gasteiger partial charge in [0.2, 0.25) is 0 Å². The minimum Gasteiger partial charge on any atom is -0.464 e. The monoisotopic (exact) mass is 256 g/mol. The minimum atomic E-state index is -0.383. The predicted octanol–water partition coefficient (Wildman–Crippen LogP) is 2.62. The number of anilines is 1. The van der Waals surface area contributed by atoms with Crippen molar-refractivity contribution in [3.05, 3.63) is 36.0 Å². The van der Waals surface area contributed by atoms with Gasteiger partial charge in [-0.25, -0.2) is 9.78 Å². The average molecular weight is 256 g/mol. The van der Waals surface area contributed by atoms with Crippen LogP contribution in [0.4, 0.5) is 5.82 Å². The first-order valence-corrected chi connectivity index (χ1v) is 6.52. The van der Waals surface area contributed by atoms with Gasteiger partial charge in [-0.1, -0.05) is 24.3 Å². The number of benzene rings is 1. The van der Waals surface area contributed by atoms with Crippen LogP contribution in [-0.4, -0.2) is 31.2 Å². The third kappa shape index (κ3) is 2.14. The number of hydrogen-bond acceptors (Lipinski definition) is 4. The van der Waals surface area contributed by atoms with Crippen molar-refractivity contribution in [2.45, 2.75) is 12.8 Å². The van der Waals surface area contributed by atoms with Crippen molar-refractivity contribution in [1.29, 1.82) is 0 Å². The first kappa shape index (κ1) is 12.0. The highest BCUT2D eigenvalue weighted by Crippen LogP contribution is 2.28. The molecule has 1 aromatic carbocycles. The Hall–Kier alpha value is -2.10. The summed E-state index contributed by atoms with van der Waals surface area (Å²) < 4.78 is 4.78. The highest BCUT2D eigenvalue weighted by atomic mass is 16.5. The number of ether oxygens (including phenoxy) is 1. The molecule has 1 aliphatic heterocycles. The largest absolute Gasteiger partial charge is 0.464 e. The van der Waals surface area contributed by atoms with E-state index in [1.807, 2.05) is 18.2 Å². The Bertz CT molecular complexity index is 619. The third-order valence-electron chi connectivity index (χ3n) is 3.52. The second-order valence-electron chi connectivity index (χ2n) is 4.74. The lowest BCUT2D eigenvalue weighted by molar-refractivity contribution is 0.0594. The first-order valence-electron chi connectivity index (χ1n) is 6.52. The molecule has 0 unspecified atom stereocenters. The summed E-state index contributed by atoms with van der Waals surface area (Å²) in [6, 6.07) is 9.82. The lowest BCUT2D eigenvalue weighted by Crippen LogP contribution is -2.20. The number of aromatic nitrogens is 1. The van der Waals surface area contributed by atoms with Gasteiger partial charge in [-0.3, -0.25) is 0 Å². The number of carbonyl (C=O) groups is 1. The Morgan fingerprint density at radius 2 is 2.00 bits per heavy atom. The number of methoxy groups -OCH3 is 1. The molecular weight excluding hydrogens is 240 g/mol. The van der Waals surface area contributed by atoms with Gasteiger partial charge in [0.05, 0.1) is 7.11 Å². The maximum absolute atomic E-state index is 11.7. The van der Waals surface area contributed by atoms with Crippen LogP contribution in [0.2, 0.25) is 0 Å². The van der Waals surface area contributed by atoms with Crippen molar-refractivity contribution in [3.63, 3.8) is 0 Å². The van der Waals surface area contributed by atoms with E-state index in [-0.39, 0.29) is 5.97 Å². The molecule has 0 aliphatic carbocycles. The Balaban J connectivity index is 2.18. The van der Waals surface area contributed by atoms with Gasteiger partial charge in [-0.2, -0.15) is 0 Å². The number of carbonyl (C=O) groups excluding carboxylic acids is 1. The summed E-state index contributed by atoms with van der Waals surface area (Å²) in [5.74, 6) is 0.516. The quantitative estimate of drug-likeness (QED) is 0.775. The highest BCUT2D eigenvalue weighted by molar-refractivity contribution is 5.98. The smallest absolute Gasteiger partial charge is 0.356 e. The number of esters is 1. The predicted molar refractivity (Wildman–Crippen MR) is 74.5 cm³/mol. The number of hydrogen-bond donors (Lipinski definition) is 0.